The van der Waals surface area contributed by atoms with Gasteiger partial charge in [-0.3, -0.25) is 14.6 Å². The number of alkyl halides is 3. The number of aromatic nitrogens is 4. The van der Waals surface area contributed by atoms with Gasteiger partial charge in [0.05, 0.1) is 11.8 Å². The first-order chi connectivity index (χ1) is 10.5. The smallest absolute Gasteiger partial charge is 0.305 e. The first kappa shape index (κ1) is 17.0. The normalized spacial score (nSPS) is 12.5. The van der Waals surface area contributed by atoms with Gasteiger partial charge in [-0.1, -0.05) is 20.8 Å². The molecule has 0 radical (unpaired) electrons. The van der Waals surface area contributed by atoms with Gasteiger partial charge in [0.1, 0.15) is 0 Å². The maximum Gasteiger partial charge on any atom is 0.433 e. The third kappa shape index (κ3) is 3.54. The van der Waals surface area contributed by atoms with E-state index in [0.717, 1.165) is 16.6 Å². The molecule has 2 rings (SSSR count). The summed E-state index contributed by atoms with van der Waals surface area (Å²) < 4.78 is 40.1. The van der Waals surface area contributed by atoms with E-state index in [4.69, 9.17) is 0 Å². The molecule has 6 nitrogen and oxygen atoms in total. The predicted octanol–water partition coefficient (Wildman–Crippen LogP) is 3.19. The molecule has 23 heavy (non-hydrogen) atoms. The Morgan fingerprint density at radius 1 is 1.35 bits per heavy atom. The Morgan fingerprint density at radius 3 is 2.48 bits per heavy atom. The molecule has 0 aliphatic heterocycles. The van der Waals surface area contributed by atoms with Crippen molar-refractivity contribution in [2.24, 2.45) is 0 Å². The summed E-state index contributed by atoms with van der Waals surface area (Å²) in [6.45, 7) is 7.36. The highest BCUT2D eigenvalue weighted by Gasteiger charge is 2.39. The molecule has 0 saturated carbocycles. The molecule has 0 bridgehead atoms. The third-order valence-corrected chi connectivity index (χ3v) is 3.28. The summed E-state index contributed by atoms with van der Waals surface area (Å²) in [4.78, 5) is 12.2. The Hall–Kier alpha value is -2.32. The number of rotatable bonds is 3. The molecule has 2 heterocycles. The molecule has 0 aliphatic carbocycles. The molecular weight excluding hydrogens is 311 g/mol. The van der Waals surface area contributed by atoms with Crippen molar-refractivity contribution in [1.29, 1.82) is 0 Å². The van der Waals surface area contributed by atoms with Crippen LogP contribution in [0.25, 0.3) is 0 Å². The summed E-state index contributed by atoms with van der Waals surface area (Å²) in [6.07, 6.45) is -3.75. The Morgan fingerprint density at radius 2 is 2.00 bits per heavy atom. The first-order valence-electron chi connectivity index (χ1n) is 7.04. The second kappa shape index (κ2) is 5.71. The minimum atomic E-state index is -4.67. The molecule has 9 heteroatoms. The minimum absolute atomic E-state index is 0.0126. The van der Waals surface area contributed by atoms with Gasteiger partial charge >= 0.3 is 6.18 Å². The van der Waals surface area contributed by atoms with Crippen molar-refractivity contribution < 1.29 is 18.0 Å². The monoisotopic (exact) mass is 329 g/mol. The molecule has 0 unspecified atom stereocenters. The highest BCUT2D eigenvalue weighted by molar-refractivity contribution is 6.04. The highest BCUT2D eigenvalue weighted by atomic mass is 19.4. The summed E-state index contributed by atoms with van der Waals surface area (Å²) in [5, 5.41) is 12.6. The van der Waals surface area contributed by atoms with Gasteiger partial charge in [-0.15, -0.1) is 0 Å². The predicted molar refractivity (Wildman–Crippen MR) is 78.1 cm³/mol. The molecule has 2 N–H and O–H groups in total. The zero-order valence-electron chi connectivity index (χ0n) is 13.2. The van der Waals surface area contributed by atoms with Crippen LogP contribution < -0.4 is 5.32 Å². The molecule has 0 aliphatic rings. The van der Waals surface area contributed by atoms with Crippen LogP contribution in [0.4, 0.5) is 19.0 Å². The molecule has 0 spiro atoms. The van der Waals surface area contributed by atoms with Gasteiger partial charge in [0.15, 0.2) is 11.5 Å². The van der Waals surface area contributed by atoms with Crippen molar-refractivity contribution in [2.45, 2.75) is 45.8 Å². The summed E-state index contributed by atoms with van der Waals surface area (Å²) in [5.74, 6) is -0.735. The van der Waals surface area contributed by atoms with Crippen LogP contribution in [0.3, 0.4) is 0 Å². The van der Waals surface area contributed by atoms with Crippen molar-refractivity contribution in [1.82, 2.24) is 20.0 Å². The summed E-state index contributed by atoms with van der Waals surface area (Å²) >= 11 is 0. The van der Waals surface area contributed by atoms with Crippen molar-refractivity contribution >= 4 is 11.7 Å². The zero-order chi connectivity index (χ0) is 17.4. The molecule has 1 amide bonds. The van der Waals surface area contributed by atoms with Crippen LogP contribution in [0.5, 0.6) is 0 Å². The van der Waals surface area contributed by atoms with Crippen molar-refractivity contribution in [3.05, 3.63) is 29.2 Å². The first-order valence-corrected chi connectivity index (χ1v) is 7.04. The van der Waals surface area contributed by atoms with E-state index >= 15 is 0 Å². The standard InChI is InChI=1S/C14H18F3N5O/c1-5-22-11(14(15,16)17)8(7-18-22)12(23)19-10-6-9(20-21-10)13(2,3)4/h6-7H,5H2,1-4H3,(H2,19,20,21,23). The fraction of sp³-hybridized carbons (Fsp3) is 0.500. The van der Waals surface area contributed by atoms with E-state index < -0.39 is 23.3 Å². The Labute approximate surface area is 131 Å². The van der Waals surface area contributed by atoms with E-state index in [2.05, 4.69) is 20.6 Å². The summed E-state index contributed by atoms with van der Waals surface area (Å²) in [5.41, 5.74) is -1.06. The largest absolute Gasteiger partial charge is 0.433 e. The van der Waals surface area contributed by atoms with Crippen LogP contribution in [0, 0.1) is 0 Å². The number of hydrogen-bond acceptors (Lipinski definition) is 3. The lowest BCUT2D eigenvalue weighted by atomic mass is 9.92. The molecule has 0 aromatic carbocycles. The fourth-order valence-corrected chi connectivity index (χ4v) is 2.04. The minimum Gasteiger partial charge on any atom is -0.305 e. The SMILES string of the molecule is CCn1ncc(C(=O)Nc2cc(C(C)(C)C)[nH]n2)c1C(F)(F)F. The summed E-state index contributed by atoms with van der Waals surface area (Å²) in [7, 11) is 0. The van der Waals surface area contributed by atoms with Crippen LogP contribution in [-0.4, -0.2) is 25.9 Å². The number of amides is 1. The van der Waals surface area contributed by atoms with Gasteiger partial charge in [0, 0.05) is 23.7 Å². The van der Waals surface area contributed by atoms with Crippen molar-refractivity contribution in [3.63, 3.8) is 0 Å². The zero-order valence-corrected chi connectivity index (χ0v) is 13.2. The maximum atomic E-state index is 13.1. The van der Waals surface area contributed by atoms with E-state index in [-0.39, 0.29) is 17.8 Å². The lowest BCUT2D eigenvalue weighted by Crippen LogP contribution is -2.21. The Balaban J connectivity index is 2.28. The maximum absolute atomic E-state index is 13.1. The number of nitrogens with zero attached hydrogens (tertiary/aromatic N) is 3. The van der Waals surface area contributed by atoms with Gasteiger partial charge in [0.25, 0.3) is 5.91 Å². The second-order valence-corrected chi connectivity index (χ2v) is 6.09. The number of carbonyl (C=O) groups excluding carboxylic acids is 1. The van der Waals surface area contributed by atoms with Crippen LogP contribution in [0.1, 0.15) is 49.4 Å². The molecule has 0 atom stereocenters. The molecular formula is C14H18F3N5O. The number of H-pyrrole nitrogens is 1. The van der Waals surface area contributed by atoms with Gasteiger partial charge in [0.2, 0.25) is 0 Å². The molecule has 2 aromatic rings. The van der Waals surface area contributed by atoms with Gasteiger partial charge in [-0.05, 0) is 6.92 Å². The van der Waals surface area contributed by atoms with Crippen LogP contribution >= 0.6 is 0 Å². The fourth-order valence-electron chi connectivity index (χ4n) is 2.04. The van der Waals surface area contributed by atoms with Crippen molar-refractivity contribution in [3.8, 4) is 0 Å². The average molecular weight is 329 g/mol. The quantitative estimate of drug-likeness (QED) is 0.908. The number of carbonyl (C=O) groups is 1. The molecule has 0 fully saturated rings. The lowest BCUT2D eigenvalue weighted by Gasteiger charge is -2.14. The Bertz CT molecular complexity index is 709. The number of hydrogen-bond donors (Lipinski definition) is 2. The topological polar surface area (TPSA) is 75.6 Å². The van der Waals surface area contributed by atoms with Crippen LogP contribution in [0.2, 0.25) is 0 Å². The molecule has 0 saturated heterocycles. The van der Waals surface area contributed by atoms with E-state index in [1.807, 2.05) is 20.8 Å². The molecule has 2 aromatic heterocycles. The van der Waals surface area contributed by atoms with E-state index in [0.29, 0.717) is 0 Å². The van der Waals surface area contributed by atoms with Gasteiger partial charge < -0.3 is 5.32 Å². The number of aromatic amines is 1. The highest BCUT2D eigenvalue weighted by Crippen LogP contribution is 2.32. The van der Waals surface area contributed by atoms with Crippen molar-refractivity contribution in [2.75, 3.05) is 5.32 Å². The van der Waals surface area contributed by atoms with E-state index in [9.17, 15) is 18.0 Å². The lowest BCUT2D eigenvalue weighted by molar-refractivity contribution is -0.144. The van der Waals surface area contributed by atoms with Gasteiger partial charge in [-0.25, -0.2) is 0 Å². The van der Waals surface area contributed by atoms with E-state index in [1.165, 1.54) is 6.92 Å². The van der Waals surface area contributed by atoms with Gasteiger partial charge in [-0.2, -0.15) is 23.4 Å². The summed E-state index contributed by atoms with van der Waals surface area (Å²) in [6, 6.07) is 1.59. The van der Waals surface area contributed by atoms with E-state index in [1.54, 1.807) is 6.07 Å². The number of anilines is 1. The third-order valence-electron chi connectivity index (χ3n) is 3.28. The number of aryl methyl sites for hydroxylation is 1. The number of halogens is 3. The molecule has 126 valence electrons. The Kier molecular flexibility index (Phi) is 4.23. The average Bonchev–Trinajstić information content (AvgIpc) is 3.02. The van der Waals surface area contributed by atoms with Crippen LogP contribution in [0.15, 0.2) is 12.3 Å². The second-order valence-electron chi connectivity index (χ2n) is 6.09. The van der Waals surface area contributed by atoms with Crippen LogP contribution in [-0.2, 0) is 18.1 Å². The number of nitrogens with one attached hydrogen (secondary N) is 2.